The lowest BCUT2D eigenvalue weighted by molar-refractivity contribution is -0.114. The molecule has 0 saturated heterocycles. The average Bonchev–Trinajstić information content (AvgIpc) is 2.72. The quantitative estimate of drug-likeness (QED) is 0.718. The highest BCUT2D eigenvalue weighted by molar-refractivity contribution is 5.88. The molecule has 4 rings (SSSR count). The summed E-state index contributed by atoms with van der Waals surface area (Å²) in [6.07, 6.45) is 3.16. The number of aryl methyl sites for hydroxylation is 4. The topological polar surface area (TPSA) is 75.1 Å². The molecule has 0 aliphatic heterocycles. The SMILES string of the molecule is CC(=O)Nc1nc2c(nc1CCc1ccccc1)-c1ccc(CO)cc1CC2. The Kier molecular flexibility index (Phi) is 5.17. The highest BCUT2D eigenvalue weighted by atomic mass is 16.3. The largest absolute Gasteiger partial charge is 0.392 e. The molecule has 0 saturated carbocycles. The van der Waals surface area contributed by atoms with Crippen molar-refractivity contribution in [3.05, 3.63) is 76.6 Å². The van der Waals surface area contributed by atoms with Crippen LogP contribution in [-0.2, 0) is 37.1 Å². The fourth-order valence-corrected chi connectivity index (χ4v) is 3.68. The second-order valence-corrected chi connectivity index (χ2v) is 7.13. The predicted molar refractivity (Wildman–Crippen MR) is 109 cm³/mol. The molecule has 0 bridgehead atoms. The van der Waals surface area contributed by atoms with E-state index in [9.17, 15) is 9.90 Å². The van der Waals surface area contributed by atoms with Crippen molar-refractivity contribution >= 4 is 11.7 Å². The molecule has 142 valence electrons. The van der Waals surface area contributed by atoms with Gasteiger partial charge < -0.3 is 10.4 Å². The van der Waals surface area contributed by atoms with Crippen LogP contribution in [0.25, 0.3) is 11.3 Å². The summed E-state index contributed by atoms with van der Waals surface area (Å²) in [6, 6.07) is 16.2. The molecule has 0 unspecified atom stereocenters. The monoisotopic (exact) mass is 373 g/mol. The van der Waals surface area contributed by atoms with Crippen molar-refractivity contribution < 1.29 is 9.90 Å². The number of hydrogen-bond donors (Lipinski definition) is 2. The van der Waals surface area contributed by atoms with E-state index >= 15 is 0 Å². The van der Waals surface area contributed by atoms with Crippen molar-refractivity contribution in [2.75, 3.05) is 5.32 Å². The summed E-state index contributed by atoms with van der Waals surface area (Å²) in [7, 11) is 0. The van der Waals surface area contributed by atoms with Gasteiger partial charge >= 0.3 is 0 Å². The Balaban J connectivity index is 1.72. The van der Waals surface area contributed by atoms with E-state index in [1.165, 1.54) is 18.1 Å². The second kappa shape index (κ2) is 7.90. The number of hydrogen-bond acceptors (Lipinski definition) is 4. The van der Waals surface area contributed by atoms with Gasteiger partial charge in [-0.25, -0.2) is 9.97 Å². The Bertz CT molecular complexity index is 1020. The molecule has 1 aromatic heterocycles. The van der Waals surface area contributed by atoms with Crippen LogP contribution in [-0.4, -0.2) is 21.0 Å². The zero-order chi connectivity index (χ0) is 19.5. The molecule has 2 N–H and O–H groups in total. The Hall–Kier alpha value is -3.05. The van der Waals surface area contributed by atoms with E-state index in [2.05, 4.69) is 17.4 Å². The van der Waals surface area contributed by atoms with E-state index in [1.807, 2.05) is 36.4 Å². The maximum atomic E-state index is 11.7. The van der Waals surface area contributed by atoms with E-state index in [0.29, 0.717) is 12.2 Å². The van der Waals surface area contributed by atoms with Crippen LogP contribution >= 0.6 is 0 Å². The maximum absolute atomic E-state index is 11.7. The number of nitrogens with one attached hydrogen (secondary N) is 1. The Labute approximate surface area is 164 Å². The van der Waals surface area contributed by atoms with E-state index in [-0.39, 0.29) is 12.5 Å². The van der Waals surface area contributed by atoms with Gasteiger partial charge in [0.15, 0.2) is 5.82 Å². The van der Waals surface area contributed by atoms with Crippen LogP contribution in [0.4, 0.5) is 5.82 Å². The zero-order valence-electron chi connectivity index (χ0n) is 15.9. The fraction of sp³-hybridized carbons (Fsp3) is 0.261. The lowest BCUT2D eigenvalue weighted by Crippen LogP contribution is -2.17. The lowest BCUT2D eigenvalue weighted by Gasteiger charge is -2.21. The third kappa shape index (κ3) is 3.80. The molecule has 5 nitrogen and oxygen atoms in total. The Morgan fingerprint density at radius 1 is 1.04 bits per heavy atom. The molecule has 28 heavy (non-hydrogen) atoms. The maximum Gasteiger partial charge on any atom is 0.222 e. The van der Waals surface area contributed by atoms with Crippen LogP contribution < -0.4 is 5.32 Å². The molecular formula is C23H23N3O2. The number of nitrogens with zero attached hydrogens (tertiary/aromatic N) is 2. The molecule has 2 aromatic carbocycles. The molecule has 1 aliphatic rings. The molecule has 0 fully saturated rings. The van der Waals surface area contributed by atoms with Gasteiger partial charge in [-0.05, 0) is 42.4 Å². The first-order valence-corrected chi connectivity index (χ1v) is 9.58. The first kappa shape index (κ1) is 18.3. The summed E-state index contributed by atoms with van der Waals surface area (Å²) in [5.41, 5.74) is 7.00. The van der Waals surface area contributed by atoms with Crippen molar-refractivity contribution in [3.8, 4) is 11.3 Å². The van der Waals surface area contributed by atoms with Crippen molar-refractivity contribution in [1.82, 2.24) is 9.97 Å². The minimum absolute atomic E-state index is 0.0373. The van der Waals surface area contributed by atoms with Crippen LogP contribution in [0.3, 0.4) is 0 Å². The number of aliphatic hydroxyl groups is 1. The summed E-state index contributed by atoms with van der Waals surface area (Å²) >= 11 is 0. The fourth-order valence-electron chi connectivity index (χ4n) is 3.68. The molecule has 0 atom stereocenters. The normalized spacial score (nSPS) is 12.2. The van der Waals surface area contributed by atoms with Gasteiger partial charge in [0, 0.05) is 12.5 Å². The molecule has 0 radical (unpaired) electrons. The third-order valence-electron chi connectivity index (χ3n) is 5.07. The van der Waals surface area contributed by atoms with Crippen LogP contribution in [0.15, 0.2) is 48.5 Å². The highest BCUT2D eigenvalue weighted by Gasteiger charge is 2.22. The predicted octanol–water partition coefficient (Wildman–Crippen LogP) is 3.48. The third-order valence-corrected chi connectivity index (χ3v) is 5.07. The smallest absolute Gasteiger partial charge is 0.222 e. The van der Waals surface area contributed by atoms with E-state index in [4.69, 9.17) is 9.97 Å². The second-order valence-electron chi connectivity index (χ2n) is 7.13. The van der Waals surface area contributed by atoms with Gasteiger partial charge in [-0.1, -0.05) is 48.5 Å². The van der Waals surface area contributed by atoms with Gasteiger partial charge in [-0.2, -0.15) is 0 Å². The van der Waals surface area contributed by atoms with Gasteiger partial charge in [-0.3, -0.25) is 4.79 Å². The molecule has 1 amide bonds. The lowest BCUT2D eigenvalue weighted by atomic mass is 9.90. The molecule has 1 aliphatic carbocycles. The van der Waals surface area contributed by atoms with Gasteiger partial charge in [-0.15, -0.1) is 0 Å². The number of anilines is 1. The van der Waals surface area contributed by atoms with Gasteiger partial charge in [0.2, 0.25) is 5.91 Å². The first-order chi connectivity index (χ1) is 13.6. The van der Waals surface area contributed by atoms with Crippen molar-refractivity contribution in [1.29, 1.82) is 0 Å². The van der Waals surface area contributed by atoms with Gasteiger partial charge in [0.1, 0.15) is 0 Å². The highest BCUT2D eigenvalue weighted by Crippen LogP contribution is 2.33. The molecule has 3 aromatic rings. The zero-order valence-corrected chi connectivity index (χ0v) is 15.9. The Morgan fingerprint density at radius 3 is 2.61 bits per heavy atom. The molecule has 0 spiro atoms. The summed E-state index contributed by atoms with van der Waals surface area (Å²) < 4.78 is 0. The van der Waals surface area contributed by atoms with Gasteiger partial charge in [0.05, 0.1) is 23.7 Å². The first-order valence-electron chi connectivity index (χ1n) is 9.58. The Morgan fingerprint density at radius 2 is 1.86 bits per heavy atom. The van der Waals surface area contributed by atoms with Crippen molar-refractivity contribution in [2.24, 2.45) is 0 Å². The number of carbonyl (C=O) groups excluding carboxylic acids is 1. The summed E-state index contributed by atoms with van der Waals surface area (Å²) in [5, 5.41) is 12.3. The van der Waals surface area contributed by atoms with Gasteiger partial charge in [0.25, 0.3) is 0 Å². The van der Waals surface area contributed by atoms with Crippen LogP contribution in [0, 0.1) is 0 Å². The number of rotatable bonds is 5. The number of aliphatic hydroxyl groups excluding tert-OH is 1. The van der Waals surface area contributed by atoms with Crippen molar-refractivity contribution in [2.45, 2.75) is 39.2 Å². The minimum atomic E-state index is -0.140. The molecular weight excluding hydrogens is 350 g/mol. The number of benzene rings is 2. The summed E-state index contributed by atoms with van der Waals surface area (Å²) in [4.78, 5) is 21.4. The molecule has 5 heteroatoms. The number of amides is 1. The van der Waals surface area contributed by atoms with Crippen LogP contribution in [0.5, 0.6) is 0 Å². The summed E-state index contributed by atoms with van der Waals surface area (Å²) in [6.45, 7) is 1.53. The number of carbonyl (C=O) groups is 1. The van der Waals surface area contributed by atoms with E-state index in [0.717, 1.165) is 47.5 Å². The number of aromatic nitrogens is 2. The minimum Gasteiger partial charge on any atom is -0.392 e. The average molecular weight is 373 g/mol. The van der Waals surface area contributed by atoms with E-state index in [1.54, 1.807) is 0 Å². The number of fused-ring (bicyclic) bond motifs is 3. The standard InChI is InChI=1S/C23H23N3O2/c1-15(28)24-23-21(11-8-16-5-3-2-4-6-16)25-22-19-10-7-17(14-27)13-18(19)9-12-20(22)26-23/h2-7,10,13,27H,8-9,11-12,14H2,1H3,(H,24,26,28). The van der Waals surface area contributed by atoms with Crippen molar-refractivity contribution in [3.63, 3.8) is 0 Å². The summed E-state index contributed by atoms with van der Waals surface area (Å²) in [5.74, 6) is 0.427. The van der Waals surface area contributed by atoms with Crippen LogP contribution in [0.1, 0.15) is 35.0 Å². The van der Waals surface area contributed by atoms with Crippen LogP contribution in [0.2, 0.25) is 0 Å². The van der Waals surface area contributed by atoms with E-state index < -0.39 is 0 Å². The molecule has 1 heterocycles.